The number of nitrogens with zero attached hydrogens (tertiary/aromatic N) is 2. The summed E-state index contributed by atoms with van der Waals surface area (Å²) in [5.41, 5.74) is 3.22. The first-order valence-electron chi connectivity index (χ1n) is 8.81. The standard InChI is InChI=1S/C20H22N4O2/c1-12-4-6-14(7-5-12)10-21-18(25)15-13(2)26-19-16(15)17(22-11-23-19)24-20(3)8-9-20/h4-7,11H,8-10H2,1-3H3,(H,21,25)(H,22,23,24). The maximum absolute atomic E-state index is 12.9. The summed E-state index contributed by atoms with van der Waals surface area (Å²) in [6, 6.07) is 8.10. The molecule has 0 bridgehead atoms. The van der Waals surface area contributed by atoms with Crippen LogP contribution in [0, 0.1) is 13.8 Å². The number of aryl methyl sites for hydroxylation is 2. The van der Waals surface area contributed by atoms with E-state index in [4.69, 9.17) is 4.42 Å². The monoisotopic (exact) mass is 350 g/mol. The Bertz CT molecular complexity index is 971. The van der Waals surface area contributed by atoms with Crippen molar-refractivity contribution in [2.75, 3.05) is 5.32 Å². The predicted molar refractivity (Wildman–Crippen MR) is 100 cm³/mol. The van der Waals surface area contributed by atoms with E-state index in [1.165, 1.54) is 11.9 Å². The van der Waals surface area contributed by atoms with Crippen molar-refractivity contribution in [3.63, 3.8) is 0 Å². The molecular weight excluding hydrogens is 328 g/mol. The summed E-state index contributed by atoms with van der Waals surface area (Å²) in [4.78, 5) is 21.4. The maximum Gasteiger partial charge on any atom is 0.255 e. The molecule has 2 heterocycles. The molecule has 6 nitrogen and oxygen atoms in total. The predicted octanol–water partition coefficient (Wildman–Crippen LogP) is 3.73. The van der Waals surface area contributed by atoms with Crippen LogP contribution in [0.3, 0.4) is 0 Å². The molecule has 1 aromatic carbocycles. The van der Waals surface area contributed by atoms with Crippen LogP contribution in [-0.2, 0) is 6.54 Å². The van der Waals surface area contributed by atoms with E-state index in [1.807, 2.05) is 31.2 Å². The van der Waals surface area contributed by atoms with Crippen LogP contribution < -0.4 is 10.6 Å². The van der Waals surface area contributed by atoms with Gasteiger partial charge in [-0.15, -0.1) is 0 Å². The number of aromatic nitrogens is 2. The molecule has 1 aliphatic rings. The second kappa shape index (κ2) is 6.12. The summed E-state index contributed by atoms with van der Waals surface area (Å²) in [5, 5.41) is 7.06. The van der Waals surface area contributed by atoms with Crippen LogP contribution in [0.5, 0.6) is 0 Å². The van der Waals surface area contributed by atoms with E-state index in [2.05, 4.69) is 27.5 Å². The van der Waals surface area contributed by atoms with E-state index in [0.717, 1.165) is 18.4 Å². The molecule has 134 valence electrons. The number of fused-ring (bicyclic) bond motifs is 1. The van der Waals surface area contributed by atoms with Gasteiger partial charge in [-0.25, -0.2) is 9.97 Å². The fourth-order valence-electron chi connectivity index (χ4n) is 2.99. The fourth-order valence-corrected chi connectivity index (χ4v) is 2.99. The van der Waals surface area contributed by atoms with E-state index in [-0.39, 0.29) is 11.4 Å². The van der Waals surface area contributed by atoms with E-state index >= 15 is 0 Å². The van der Waals surface area contributed by atoms with Gasteiger partial charge in [0.1, 0.15) is 17.9 Å². The van der Waals surface area contributed by atoms with Crippen molar-refractivity contribution >= 4 is 22.8 Å². The second-order valence-electron chi connectivity index (χ2n) is 7.29. The highest BCUT2D eigenvalue weighted by Crippen LogP contribution is 2.40. The molecule has 0 aliphatic heterocycles. The highest BCUT2D eigenvalue weighted by atomic mass is 16.3. The first-order chi connectivity index (χ1) is 12.5. The SMILES string of the molecule is Cc1ccc(CNC(=O)c2c(C)oc3ncnc(NC4(C)CC4)c23)cc1. The molecule has 0 radical (unpaired) electrons. The Balaban J connectivity index is 1.63. The third-order valence-corrected chi connectivity index (χ3v) is 4.89. The zero-order chi connectivity index (χ0) is 18.3. The number of hydrogen-bond acceptors (Lipinski definition) is 5. The zero-order valence-corrected chi connectivity index (χ0v) is 15.2. The van der Waals surface area contributed by atoms with Gasteiger partial charge in [-0.3, -0.25) is 4.79 Å². The summed E-state index contributed by atoms with van der Waals surface area (Å²) in [7, 11) is 0. The average Bonchev–Trinajstić information content (AvgIpc) is 3.23. The normalized spacial score (nSPS) is 15.0. The second-order valence-corrected chi connectivity index (χ2v) is 7.29. The number of rotatable bonds is 5. The Morgan fingerprint density at radius 1 is 1.19 bits per heavy atom. The van der Waals surface area contributed by atoms with Crippen molar-refractivity contribution in [3.05, 3.63) is 53.0 Å². The van der Waals surface area contributed by atoms with Gasteiger partial charge in [-0.1, -0.05) is 29.8 Å². The number of furan rings is 1. The topological polar surface area (TPSA) is 80.1 Å². The number of benzene rings is 1. The molecule has 1 fully saturated rings. The highest BCUT2D eigenvalue weighted by Gasteiger charge is 2.38. The third-order valence-electron chi connectivity index (χ3n) is 4.89. The minimum Gasteiger partial charge on any atom is -0.442 e. The van der Waals surface area contributed by atoms with Gasteiger partial charge in [0, 0.05) is 12.1 Å². The number of nitrogens with one attached hydrogen (secondary N) is 2. The number of carbonyl (C=O) groups is 1. The van der Waals surface area contributed by atoms with Gasteiger partial charge in [0.15, 0.2) is 0 Å². The van der Waals surface area contributed by atoms with Crippen LogP contribution in [0.2, 0.25) is 0 Å². The summed E-state index contributed by atoms with van der Waals surface area (Å²) < 4.78 is 5.71. The molecule has 3 aromatic rings. The summed E-state index contributed by atoms with van der Waals surface area (Å²) in [6.45, 7) is 6.42. The molecule has 1 saturated carbocycles. The van der Waals surface area contributed by atoms with Crippen molar-refractivity contribution in [1.82, 2.24) is 15.3 Å². The van der Waals surface area contributed by atoms with Gasteiger partial charge >= 0.3 is 0 Å². The average molecular weight is 350 g/mol. The van der Waals surface area contributed by atoms with Crippen LogP contribution in [0.25, 0.3) is 11.1 Å². The first-order valence-corrected chi connectivity index (χ1v) is 8.81. The number of carbonyl (C=O) groups excluding carboxylic acids is 1. The van der Waals surface area contributed by atoms with Gasteiger partial charge in [0.25, 0.3) is 5.91 Å². The third kappa shape index (κ3) is 3.14. The molecule has 1 aliphatic carbocycles. The van der Waals surface area contributed by atoms with Gasteiger partial charge in [0.2, 0.25) is 5.71 Å². The molecule has 0 atom stereocenters. The number of hydrogen-bond donors (Lipinski definition) is 2. The van der Waals surface area contributed by atoms with E-state index in [1.54, 1.807) is 6.92 Å². The minimum absolute atomic E-state index is 0.0438. The molecule has 26 heavy (non-hydrogen) atoms. The molecule has 0 unspecified atom stereocenters. The van der Waals surface area contributed by atoms with Crippen molar-refractivity contribution in [3.8, 4) is 0 Å². The lowest BCUT2D eigenvalue weighted by molar-refractivity contribution is 0.0951. The highest BCUT2D eigenvalue weighted by molar-refractivity contribution is 6.10. The van der Waals surface area contributed by atoms with E-state index < -0.39 is 0 Å². The van der Waals surface area contributed by atoms with Crippen LogP contribution in [-0.4, -0.2) is 21.4 Å². The van der Waals surface area contributed by atoms with Gasteiger partial charge in [0.05, 0.1) is 10.9 Å². The van der Waals surface area contributed by atoms with Crippen LogP contribution in [0.15, 0.2) is 35.0 Å². The van der Waals surface area contributed by atoms with E-state index in [9.17, 15) is 4.79 Å². The molecular formula is C20H22N4O2. The van der Waals surface area contributed by atoms with Crippen molar-refractivity contribution in [1.29, 1.82) is 0 Å². The van der Waals surface area contributed by atoms with Crippen LogP contribution in [0.4, 0.5) is 5.82 Å². The lowest BCUT2D eigenvalue weighted by atomic mass is 10.1. The summed E-state index contributed by atoms with van der Waals surface area (Å²) in [6.07, 6.45) is 3.64. The van der Waals surface area contributed by atoms with Crippen molar-refractivity contribution < 1.29 is 9.21 Å². The summed E-state index contributed by atoms with van der Waals surface area (Å²) in [5.74, 6) is 1.03. The van der Waals surface area contributed by atoms with Gasteiger partial charge < -0.3 is 15.1 Å². The Morgan fingerprint density at radius 2 is 1.92 bits per heavy atom. The van der Waals surface area contributed by atoms with E-state index in [0.29, 0.717) is 34.8 Å². The van der Waals surface area contributed by atoms with Gasteiger partial charge in [-0.05, 0) is 39.2 Å². The maximum atomic E-state index is 12.9. The van der Waals surface area contributed by atoms with Crippen LogP contribution >= 0.6 is 0 Å². The molecule has 2 N–H and O–H groups in total. The molecule has 0 saturated heterocycles. The Morgan fingerprint density at radius 3 is 2.62 bits per heavy atom. The smallest absolute Gasteiger partial charge is 0.255 e. The molecule has 6 heteroatoms. The molecule has 4 rings (SSSR count). The van der Waals surface area contributed by atoms with Crippen molar-refractivity contribution in [2.24, 2.45) is 0 Å². The number of amides is 1. The molecule has 2 aromatic heterocycles. The Labute approximate surface area is 152 Å². The van der Waals surface area contributed by atoms with Crippen molar-refractivity contribution in [2.45, 2.75) is 45.7 Å². The first kappa shape index (κ1) is 16.6. The van der Waals surface area contributed by atoms with Gasteiger partial charge in [-0.2, -0.15) is 0 Å². The quantitative estimate of drug-likeness (QED) is 0.733. The largest absolute Gasteiger partial charge is 0.442 e. The lowest BCUT2D eigenvalue weighted by Gasteiger charge is -2.13. The Kier molecular flexibility index (Phi) is 3.90. The lowest BCUT2D eigenvalue weighted by Crippen LogP contribution is -2.24. The minimum atomic E-state index is -0.180. The zero-order valence-electron chi connectivity index (χ0n) is 15.2. The number of anilines is 1. The Hall–Kier alpha value is -2.89. The molecule has 1 amide bonds. The summed E-state index contributed by atoms with van der Waals surface area (Å²) >= 11 is 0. The molecule has 0 spiro atoms. The fraction of sp³-hybridized carbons (Fsp3) is 0.350. The van der Waals surface area contributed by atoms with Crippen LogP contribution in [0.1, 0.15) is 47.0 Å².